The minimum absolute atomic E-state index is 0.145. The molecule has 0 saturated heterocycles. The molecule has 0 bridgehead atoms. The molecule has 5 nitrogen and oxygen atoms in total. The van der Waals surface area contributed by atoms with E-state index in [2.05, 4.69) is 0 Å². The van der Waals surface area contributed by atoms with E-state index in [-0.39, 0.29) is 34.2 Å². The van der Waals surface area contributed by atoms with Crippen LogP contribution < -0.4 is 0 Å². The Labute approximate surface area is 151 Å². The summed E-state index contributed by atoms with van der Waals surface area (Å²) in [6, 6.07) is 13.1. The van der Waals surface area contributed by atoms with Gasteiger partial charge in [0.05, 0.1) is 11.4 Å². The summed E-state index contributed by atoms with van der Waals surface area (Å²) in [4.78, 5) is 25.6. The van der Waals surface area contributed by atoms with Gasteiger partial charge in [0.2, 0.25) is 0 Å². The first-order valence-electron chi connectivity index (χ1n) is 8.08. The number of hydrogen-bond acceptors (Lipinski definition) is 4. The Hall–Kier alpha value is -2.99. The molecule has 0 spiro atoms. The number of carbonyl (C=O) groups is 2. The number of allylic oxidation sites excluding steroid dienone is 2. The number of rotatable bonds is 2. The van der Waals surface area contributed by atoms with Crippen molar-refractivity contribution in [2.24, 2.45) is 0 Å². The highest BCUT2D eigenvalue weighted by atomic mass is 32.2. The maximum absolute atomic E-state index is 12.9. The van der Waals surface area contributed by atoms with Gasteiger partial charge in [-0.05, 0) is 25.1 Å². The normalized spacial score (nSPS) is 16.6. The van der Waals surface area contributed by atoms with Gasteiger partial charge in [0.15, 0.2) is 11.6 Å². The monoisotopic (exact) mass is 365 g/mol. The second kappa shape index (κ2) is 5.78. The second-order valence-electron chi connectivity index (χ2n) is 6.28. The van der Waals surface area contributed by atoms with Crippen LogP contribution >= 0.6 is 0 Å². The summed E-state index contributed by atoms with van der Waals surface area (Å²) in [5.74, 6) is -0.553. The summed E-state index contributed by atoms with van der Waals surface area (Å²) < 4.78 is 26.8. The van der Waals surface area contributed by atoms with E-state index in [1.54, 1.807) is 36.4 Å². The lowest BCUT2D eigenvalue weighted by Crippen LogP contribution is -2.35. The average molecular weight is 365 g/mol. The van der Waals surface area contributed by atoms with Crippen molar-refractivity contribution >= 4 is 21.6 Å². The Morgan fingerprint density at radius 3 is 2.15 bits per heavy atom. The minimum atomic E-state index is -3.80. The number of sulfonamides is 1. The zero-order valence-corrected chi connectivity index (χ0v) is 14.8. The third kappa shape index (κ3) is 2.42. The Morgan fingerprint density at radius 1 is 0.885 bits per heavy atom. The molecule has 0 amide bonds. The Bertz CT molecular complexity index is 1110. The van der Waals surface area contributed by atoms with Crippen LogP contribution in [0.5, 0.6) is 0 Å². The van der Waals surface area contributed by atoms with Crippen molar-refractivity contribution in [1.82, 2.24) is 4.31 Å². The third-order valence-electron chi connectivity index (χ3n) is 4.61. The molecule has 6 heteroatoms. The Balaban J connectivity index is 1.73. The van der Waals surface area contributed by atoms with E-state index in [9.17, 15) is 18.0 Å². The van der Waals surface area contributed by atoms with Gasteiger partial charge in [-0.3, -0.25) is 13.9 Å². The van der Waals surface area contributed by atoms with Crippen molar-refractivity contribution in [3.8, 4) is 0 Å². The molecule has 0 atom stereocenters. The summed E-state index contributed by atoms with van der Waals surface area (Å²) in [5, 5.41) is 0. The van der Waals surface area contributed by atoms with Crippen LogP contribution in [0, 0.1) is 6.92 Å². The number of nitrogens with zero attached hydrogens (tertiary/aromatic N) is 1. The standard InChI is InChI=1S/C20H15NO4S/c1-13-6-8-14(9-7-13)26(24,25)21-11-10-17-18(12-21)20(23)16-5-3-2-4-15(16)19(17)22/h2-11H,12H2,1H3. The zero-order valence-electron chi connectivity index (χ0n) is 14.0. The van der Waals surface area contributed by atoms with Crippen LogP contribution in [-0.4, -0.2) is 30.8 Å². The lowest BCUT2D eigenvalue weighted by molar-refractivity contribution is 0.0972. The van der Waals surface area contributed by atoms with Crippen molar-refractivity contribution < 1.29 is 18.0 Å². The highest BCUT2D eigenvalue weighted by molar-refractivity contribution is 7.89. The molecule has 130 valence electrons. The molecular weight excluding hydrogens is 350 g/mol. The molecule has 0 fully saturated rings. The van der Waals surface area contributed by atoms with E-state index < -0.39 is 10.0 Å². The summed E-state index contributed by atoms with van der Waals surface area (Å²) in [7, 11) is -3.80. The summed E-state index contributed by atoms with van der Waals surface area (Å²) in [6.45, 7) is 1.72. The zero-order chi connectivity index (χ0) is 18.5. The highest BCUT2D eigenvalue weighted by Gasteiger charge is 2.35. The van der Waals surface area contributed by atoms with Crippen molar-refractivity contribution in [2.75, 3.05) is 6.54 Å². The Morgan fingerprint density at radius 2 is 1.50 bits per heavy atom. The topological polar surface area (TPSA) is 71.5 Å². The lowest BCUT2D eigenvalue weighted by atomic mass is 9.83. The first-order chi connectivity index (χ1) is 12.4. The molecule has 0 radical (unpaired) electrons. The molecule has 1 aliphatic heterocycles. The number of carbonyl (C=O) groups excluding carboxylic acids is 2. The first kappa shape index (κ1) is 16.5. The maximum Gasteiger partial charge on any atom is 0.264 e. The van der Waals surface area contributed by atoms with Crippen LogP contribution in [0.2, 0.25) is 0 Å². The molecule has 2 aliphatic rings. The van der Waals surface area contributed by atoms with E-state index in [1.165, 1.54) is 24.4 Å². The van der Waals surface area contributed by atoms with Gasteiger partial charge in [0.25, 0.3) is 10.0 Å². The first-order valence-corrected chi connectivity index (χ1v) is 9.52. The van der Waals surface area contributed by atoms with Gasteiger partial charge in [0.1, 0.15) is 0 Å². The lowest BCUT2D eigenvalue weighted by Gasteiger charge is -2.28. The number of ketones is 2. The number of hydrogen-bond donors (Lipinski definition) is 0. The van der Waals surface area contributed by atoms with Gasteiger partial charge in [-0.25, -0.2) is 8.42 Å². The van der Waals surface area contributed by atoms with Crippen LogP contribution in [0.1, 0.15) is 26.3 Å². The SMILES string of the molecule is Cc1ccc(S(=O)(=O)N2C=CC3=C(C2)C(=O)c2ccccc2C3=O)cc1. The number of Topliss-reactive ketones (excluding diaryl/α,β-unsaturated/α-hetero) is 2. The molecular formula is C20H15NO4S. The smallest absolute Gasteiger partial charge is 0.264 e. The van der Waals surface area contributed by atoms with Gasteiger partial charge in [0, 0.05) is 28.5 Å². The largest absolute Gasteiger partial charge is 0.289 e. The second-order valence-corrected chi connectivity index (χ2v) is 8.17. The highest BCUT2D eigenvalue weighted by Crippen LogP contribution is 2.31. The van der Waals surface area contributed by atoms with Crippen LogP contribution in [0.25, 0.3) is 0 Å². The van der Waals surface area contributed by atoms with E-state index >= 15 is 0 Å². The predicted octanol–water partition coefficient (Wildman–Crippen LogP) is 2.89. The molecule has 26 heavy (non-hydrogen) atoms. The van der Waals surface area contributed by atoms with Crippen molar-refractivity contribution in [3.05, 3.63) is 88.6 Å². The van der Waals surface area contributed by atoms with Crippen LogP contribution in [0.4, 0.5) is 0 Å². The van der Waals surface area contributed by atoms with E-state index in [4.69, 9.17) is 0 Å². The fourth-order valence-corrected chi connectivity index (χ4v) is 4.43. The Kier molecular flexibility index (Phi) is 3.66. The maximum atomic E-state index is 12.9. The number of aryl methyl sites for hydroxylation is 1. The third-order valence-corrected chi connectivity index (χ3v) is 6.35. The molecule has 0 N–H and O–H groups in total. The van der Waals surface area contributed by atoms with Gasteiger partial charge < -0.3 is 0 Å². The summed E-state index contributed by atoms with van der Waals surface area (Å²) in [6.07, 6.45) is 2.77. The van der Waals surface area contributed by atoms with E-state index in [0.717, 1.165) is 9.87 Å². The summed E-state index contributed by atoms with van der Waals surface area (Å²) in [5.41, 5.74) is 2.11. The molecule has 1 aliphatic carbocycles. The van der Waals surface area contributed by atoms with Crippen molar-refractivity contribution in [3.63, 3.8) is 0 Å². The summed E-state index contributed by atoms with van der Waals surface area (Å²) >= 11 is 0. The quantitative estimate of drug-likeness (QED) is 0.820. The van der Waals surface area contributed by atoms with Gasteiger partial charge >= 0.3 is 0 Å². The van der Waals surface area contributed by atoms with Crippen LogP contribution in [-0.2, 0) is 10.0 Å². The van der Waals surface area contributed by atoms with Gasteiger partial charge in [-0.1, -0.05) is 42.0 Å². The molecule has 0 saturated carbocycles. The van der Waals surface area contributed by atoms with Crippen LogP contribution in [0.3, 0.4) is 0 Å². The molecule has 0 unspecified atom stereocenters. The molecule has 1 heterocycles. The molecule has 2 aromatic carbocycles. The number of benzene rings is 2. The fourth-order valence-electron chi connectivity index (χ4n) is 3.16. The van der Waals surface area contributed by atoms with Crippen LogP contribution in [0.15, 0.2) is 76.8 Å². The fraction of sp³-hybridized carbons (Fsp3) is 0.100. The number of fused-ring (bicyclic) bond motifs is 1. The van der Waals surface area contributed by atoms with Crippen molar-refractivity contribution in [2.45, 2.75) is 11.8 Å². The van der Waals surface area contributed by atoms with Gasteiger partial charge in [-0.15, -0.1) is 0 Å². The van der Waals surface area contributed by atoms with Gasteiger partial charge in [-0.2, -0.15) is 0 Å². The molecule has 2 aromatic rings. The average Bonchev–Trinajstić information content (AvgIpc) is 2.66. The molecule has 4 rings (SSSR count). The minimum Gasteiger partial charge on any atom is -0.289 e. The van der Waals surface area contributed by atoms with E-state index in [0.29, 0.717) is 11.1 Å². The predicted molar refractivity (Wildman–Crippen MR) is 96.3 cm³/mol. The molecule has 0 aromatic heterocycles. The van der Waals surface area contributed by atoms with E-state index in [1.807, 2.05) is 6.92 Å². The van der Waals surface area contributed by atoms with Crippen molar-refractivity contribution in [1.29, 1.82) is 0 Å².